The molecule has 4 aliphatic rings. The van der Waals surface area contributed by atoms with Crippen molar-refractivity contribution in [3.63, 3.8) is 0 Å². The molecule has 19 heavy (non-hydrogen) atoms. The van der Waals surface area contributed by atoms with Gasteiger partial charge in [-0.1, -0.05) is 0 Å². The molecule has 2 atom stereocenters. The first-order chi connectivity index (χ1) is 8.84. The third kappa shape index (κ3) is 2.92. The minimum absolute atomic E-state index is 0.00348. The molecule has 4 aliphatic carbocycles. The Bertz CT molecular complexity index is 451. The van der Waals surface area contributed by atoms with Crippen LogP contribution in [0, 0.1) is 17.3 Å². The summed E-state index contributed by atoms with van der Waals surface area (Å²) in [5, 5.41) is 0. The average Bonchev–Trinajstić information content (AvgIpc) is 2.23. The van der Waals surface area contributed by atoms with Crippen molar-refractivity contribution in [3.05, 3.63) is 0 Å². The van der Waals surface area contributed by atoms with Gasteiger partial charge in [-0.3, -0.25) is 0 Å². The van der Waals surface area contributed by atoms with Gasteiger partial charge in [0, 0.05) is 17.3 Å². The zero-order chi connectivity index (χ0) is 13.7. The molecule has 1 N–H and O–H groups in total. The normalized spacial score (nSPS) is 44.7. The smallest absolute Gasteiger partial charge is 0.212 e. The van der Waals surface area contributed by atoms with Crippen LogP contribution in [0.15, 0.2) is 0 Å². The van der Waals surface area contributed by atoms with Gasteiger partial charge in [0.1, 0.15) is 0 Å². The molecule has 4 rings (SSSR count). The topological polar surface area (TPSA) is 46.2 Å². The maximum absolute atomic E-state index is 11.8. The first kappa shape index (κ1) is 14.4. The molecule has 0 aromatic heterocycles. The molecule has 4 fully saturated rings. The Morgan fingerprint density at radius 3 is 2.32 bits per heavy atom. The summed E-state index contributed by atoms with van der Waals surface area (Å²) in [6.07, 6.45) is 6.80. The van der Waals surface area contributed by atoms with E-state index in [-0.39, 0.29) is 21.9 Å². The van der Waals surface area contributed by atoms with Crippen LogP contribution in [-0.2, 0) is 10.0 Å². The van der Waals surface area contributed by atoms with Gasteiger partial charge in [-0.15, -0.1) is 23.2 Å². The van der Waals surface area contributed by atoms with Crippen molar-refractivity contribution in [1.29, 1.82) is 0 Å². The predicted octanol–water partition coefficient (Wildman–Crippen LogP) is 2.72. The molecule has 0 aromatic rings. The Morgan fingerprint density at radius 2 is 1.79 bits per heavy atom. The molecule has 0 amide bonds. The van der Waals surface area contributed by atoms with Crippen molar-refractivity contribution in [2.24, 2.45) is 17.3 Å². The monoisotopic (exact) mass is 325 g/mol. The van der Waals surface area contributed by atoms with E-state index in [2.05, 4.69) is 4.72 Å². The molecule has 0 aromatic carbocycles. The zero-order valence-electron chi connectivity index (χ0n) is 11.0. The van der Waals surface area contributed by atoms with Crippen LogP contribution in [0.25, 0.3) is 0 Å². The Kier molecular flexibility index (Phi) is 3.61. The lowest BCUT2D eigenvalue weighted by Gasteiger charge is -2.60. The van der Waals surface area contributed by atoms with Gasteiger partial charge >= 0.3 is 0 Å². The molecule has 6 heteroatoms. The Balaban J connectivity index is 1.71. The molecule has 0 heterocycles. The third-order valence-electron chi connectivity index (χ3n) is 5.12. The van der Waals surface area contributed by atoms with Crippen LogP contribution in [0.3, 0.4) is 0 Å². The quantitative estimate of drug-likeness (QED) is 0.790. The second-order valence-corrected chi connectivity index (χ2v) is 10.0. The summed E-state index contributed by atoms with van der Waals surface area (Å²) in [5.74, 6) is 1.56. The van der Waals surface area contributed by atoms with E-state index >= 15 is 0 Å². The van der Waals surface area contributed by atoms with Crippen LogP contribution in [0.2, 0.25) is 0 Å². The van der Waals surface area contributed by atoms with Gasteiger partial charge in [0.15, 0.2) is 0 Å². The minimum Gasteiger partial charge on any atom is -0.215 e. The van der Waals surface area contributed by atoms with E-state index in [9.17, 15) is 8.42 Å². The predicted molar refractivity (Wildman–Crippen MR) is 78.2 cm³/mol. The summed E-state index contributed by atoms with van der Waals surface area (Å²) < 4.78 is 26.3. The SMILES string of the molecule is O=S(=O)(CCCl)NCC12CC3CC(CC(Cl)(C3)C1)C2. The molecule has 0 aliphatic heterocycles. The summed E-state index contributed by atoms with van der Waals surface area (Å²) >= 11 is 12.3. The number of rotatable bonds is 5. The van der Waals surface area contributed by atoms with Gasteiger partial charge in [-0.05, 0) is 55.8 Å². The van der Waals surface area contributed by atoms with Crippen LogP contribution in [0.1, 0.15) is 38.5 Å². The Morgan fingerprint density at radius 1 is 1.16 bits per heavy atom. The summed E-state index contributed by atoms with van der Waals surface area (Å²) in [7, 11) is -3.22. The van der Waals surface area contributed by atoms with Crippen LogP contribution in [-0.4, -0.2) is 31.5 Å². The molecule has 0 saturated heterocycles. The molecule has 2 unspecified atom stereocenters. The van der Waals surface area contributed by atoms with E-state index in [1.807, 2.05) is 0 Å². The van der Waals surface area contributed by atoms with Crippen molar-refractivity contribution >= 4 is 33.2 Å². The lowest BCUT2D eigenvalue weighted by Crippen LogP contribution is -2.56. The van der Waals surface area contributed by atoms with E-state index in [0.29, 0.717) is 18.4 Å². The second kappa shape index (κ2) is 4.75. The van der Waals surface area contributed by atoms with Gasteiger partial charge in [0.2, 0.25) is 10.0 Å². The molecule has 0 spiro atoms. The zero-order valence-corrected chi connectivity index (χ0v) is 13.3. The molecular weight excluding hydrogens is 305 g/mol. The highest BCUT2D eigenvalue weighted by atomic mass is 35.5. The summed E-state index contributed by atoms with van der Waals surface area (Å²) in [4.78, 5) is -0.0536. The van der Waals surface area contributed by atoms with Gasteiger partial charge < -0.3 is 0 Å². The summed E-state index contributed by atoms with van der Waals surface area (Å²) in [5.41, 5.74) is 0.102. The minimum atomic E-state index is -3.22. The number of nitrogens with one attached hydrogen (secondary N) is 1. The maximum atomic E-state index is 11.8. The van der Waals surface area contributed by atoms with Gasteiger partial charge in [0.25, 0.3) is 0 Å². The van der Waals surface area contributed by atoms with Crippen LogP contribution in [0.4, 0.5) is 0 Å². The fourth-order valence-electron chi connectivity index (χ4n) is 4.98. The highest BCUT2D eigenvalue weighted by Gasteiger charge is 2.56. The highest BCUT2D eigenvalue weighted by Crippen LogP contribution is 2.63. The van der Waals surface area contributed by atoms with Gasteiger partial charge in [-0.2, -0.15) is 0 Å². The molecule has 3 nitrogen and oxygen atoms in total. The summed E-state index contributed by atoms with van der Waals surface area (Å²) in [6.45, 7) is 0.549. The Hall–Kier alpha value is 0.490. The number of hydrogen-bond acceptors (Lipinski definition) is 2. The summed E-state index contributed by atoms with van der Waals surface area (Å²) in [6, 6.07) is 0. The van der Waals surface area contributed by atoms with Crippen molar-refractivity contribution in [2.45, 2.75) is 43.4 Å². The largest absolute Gasteiger partial charge is 0.215 e. The van der Waals surface area contributed by atoms with Crippen molar-refractivity contribution in [2.75, 3.05) is 18.2 Å². The molecular formula is C13H21Cl2NO2S. The van der Waals surface area contributed by atoms with Gasteiger partial charge in [-0.25, -0.2) is 13.1 Å². The lowest BCUT2D eigenvalue weighted by atomic mass is 9.49. The van der Waals surface area contributed by atoms with Crippen LogP contribution in [0.5, 0.6) is 0 Å². The van der Waals surface area contributed by atoms with E-state index in [4.69, 9.17) is 23.2 Å². The third-order valence-corrected chi connectivity index (χ3v) is 7.30. The maximum Gasteiger partial charge on any atom is 0.212 e. The van der Waals surface area contributed by atoms with E-state index in [1.54, 1.807) is 0 Å². The van der Waals surface area contributed by atoms with Crippen LogP contribution < -0.4 is 4.72 Å². The standard InChI is InChI=1S/C13H21Cl2NO2S/c14-1-2-19(17,18)16-9-12-4-10-3-11(5-12)7-13(15,6-10)8-12/h10-11,16H,1-9H2. The van der Waals surface area contributed by atoms with Crippen molar-refractivity contribution in [1.82, 2.24) is 4.72 Å². The molecule has 0 radical (unpaired) electrons. The second-order valence-electron chi connectivity index (χ2n) is 6.94. The number of alkyl halides is 2. The fraction of sp³-hybridized carbons (Fsp3) is 1.00. The van der Waals surface area contributed by atoms with Crippen molar-refractivity contribution in [3.8, 4) is 0 Å². The van der Waals surface area contributed by atoms with E-state index in [0.717, 1.165) is 32.1 Å². The number of hydrogen-bond donors (Lipinski definition) is 1. The fourth-order valence-corrected chi connectivity index (χ4v) is 7.18. The average molecular weight is 326 g/mol. The molecule has 4 saturated carbocycles. The van der Waals surface area contributed by atoms with Crippen LogP contribution >= 0.6 is 23.2 Å². The van der Waals surface area contributed by atoms with E-state index in [1.165, 1.54) is 6.42 Å². The molecule has 110 valence electrons. The van der Waals surface area contributed by atoms with Gasteiger partial charge in [0.05, 0.1) is 5.75 Å². The first-order valence-corrected chi connectivity index (χ1v) is 9.63. The lowest BCUT2D eigenvalue weighted by molar-refractivity contribution is -0.0360. The number of halogens is 2. The number of sulfonamides is 1. The van der Waals surface area contributed by atoms with Crippen molar-refractivity contribution < 1.29 is 8.42 Å². The molecule has 4 bridgehead atoms. The Labute approximate surface area is 125 Å². The highest BCUT2D eigenvalue weighted by molar-refractivity contribution is 7.89. The first-order valence-electron chi connectivity index (χ1n) is 7.06. The van der Waals surface area contributed by atoms with E-state index < -0.39 is 10.0 Å².